The first-order valence-electron chi connectivity index (χ1n) is 15.8. The highest BCUT2D eigenvalue weighted by Gasteiger charge is 2.65. The van der Waals surface area contributed by atoms with Gasteiger partial charge in [-0.1, -0.05) is 34.6 Å². The van der Waals surface area contributed by atoms with Gasteiger partial charge in [0.15, 0.2) is 0 Å². The van der Waals surface area contributed by atoms with Crippen LogP contribution in [0.2, 0.25) is 0 Å². The summed E-state index contributed by atoms with van der Waals surface area (Å²) in [4.78, 5) is 35.3. The average Bonchev–Trinajstić information content (AvgIpc) is 3.26. The summed E-state index contributed by atoms with van der Waals surface area (Å²) in [6, 6.07) is 0. The Hall–Kier alpha value is -1.67. The van der Waals surface area contributed by atoms with Crippen LogP contribution in [0.3, 0.4) is 0 Å². The number of rotatable bonds is 10. The highest BCUT2D eigenvalue weighted by atomic mass is 16.5. The minimum atomic E-state index is -0.987. The van der Waals surface area contributed by atoms with E-state index in [4.69, 9.17) is 14.6 Å². The van der Waals surface area contributed by atoms with E-state index in [9.17, 15) is 24.6 Å². The maximum absolute atomic E-state index is 12.5. The number of fused-ring (bicyclic) bond motifs is 5. The van der Waals surface area contributed by atoms with Crippen LogP contribution in [-0.2, 0) is 23.9 Å². The third-order valence-corrected chi connectivity index (χ3v) is 12.2. The fourth-order valence-electron chi connectivity index (χ4n) is 9.54. The van der Waals surface area contributed by atoms with Crippen LogP contribution in [0.25, 0.3) is 0 Å². The Morgan fingerprint density at radius 2 is 1.70 bits per heavy atom. The van der Waals surface area contributed by atoms with Crippen LogP contribution in [0, 0.1) is 52.3 Å². The molecule has 10 unspecified atom stereocenters. The number of hydrogen-bond donors (Lipinski definition) is 3. The molecule has 0 aliphatic heterocycles. The smallest absolute Gasteiger partial charge is 0.308 e. The third-order valence-electron chi connectivity index (χ3n) is 12.2. The van der Waals surface area contributed by atoms with Gasteiger partial charge >= 0.3 is 17.9 Å². The van der Waals surface area contributed by atoms with Crippen LogP contribution in [0.15, 0.2) is 0 Å². The molecule has 0 bridgehead atoms. The molecule has 4 rings (SSSR count). The number of ether oxygens (including phenoxy) is 2. The molecular weight excluding hydrogens is 512 g/mol. The van der Waals surface area contributed by atoms with E-state index in [2.05, 4.69) is 20.8 Å². The number of aliphatic hydroxyl groups is 2. The van der Waals surface area contributed by atoms with Gasteiger partial charge in [-0.3, -0.25) is 14.4 Å². The van der Waals surface area contributed by atoms with Crippen LogP contribution >= 0.6 is 0 Å². The molecule has 228 valence electrons. The molecule has 4 fully saturated rings. The number of carboxylic acid groups (broad SMARTS) is 1. The minimum absolute atomic E-state index is 0.00883. The van der Waals surface area contributed by atoms with E-state index >= 15 is 0 Å². The Bertz CT molecular complexity index is 936. The van der Waals surface area contributed by atoms with E-state index in [0.29, 0.717) is 12.8 Å². The Morgan fingerprint density at radius 1 is 0.975 bits per heavy atom. The van der Waals surface area contributed by atoms with E-state index < -0.39 is 18.2 Å². The zero-order valence-electron chi connectivity index (χ0n) is 25.1. The lowest BCUT2D eigenvalue weighted by atomic mass is 9.43. The Kier molecular flexibility index (Phi) is 9.60. The fraction of sp³-hybridized carbons (Fsp3) is 0.906. The molecule has 4 aliphatic carbocycles. The van der Waals surface area contributed by atoms with Crippen LogP contribution < -0.4 is 0 Å². The predicted octanol–water partition coefficient (Wildman–Crippen LogP) is 4.98. The van der Waals surface area contributed by atoms with Gasteiger partial charge in [0.25, 0.3) is 0 Å². The van der Waals surface area contributed by atoms with E-state index in [0.717, 1.165) is 44.9 Å². The second-order valence-corrected chi connectivity index (χ2v) is 14.1. The van der Waals surface area contributed by atoms with Gasteiger partial charge in [-0.05, 0) is 104 Å². The molecule has 0 amide bonds. The molecule has 4 saturated carbocycles. The van der Waals surface area contributed by atoms with E-state index in [1.807, 2.05) is 13.8 Å². The number of carboxylic acids is 1. The largest absolute Gasteiger partial charge is 0.481 e. The lowest BCUT2D eigenvalue weighted by Crippen LogP contribution is -2.62. The summed E-state index contributed by atoms with van der Waals surface area (Å²) >= 11 is 0. The fourth-order valence-corrected chi connectivity index (χ4v) is 9.54. The zero-order chi connectivity index (χ0) is 29.4. The number of aliphatic carboxylic acids is 1. The van der Waals surface area contributed by atoms with Gasteiger partial charge in [0.2, 0.25) is 0 Å². The SMILES string of the molecule is CCC(C)C(=O)OC1CC[C@@]2(C)C(C1)CC(O)C1C2CC(O)[C@]2(C)C(C(C)CCC(=O)OCCC(=O)O)CCC12. The Labute approximate surface area is 239 Å². The second kappa shape index (κ2) is 12.3. The molecule has 0 radical (unpaired) electrons. The van der Waals surface area contributed by atoms with Crippen molar-refractivity contribution in [2.24, 2.45) is 52.3 Å². The summed E-state index contributed by atoms with van der Waals surface area (Å²) in [5.74, 6) is -0.248. The molecule has 8 heteroatoms. The first-order chi connectivity index (χ1) is 18.8. The molecule has 0 aromatic heterocycles. The average molecular weight is 565 g/mol. The maximum Gasteiger partial charge on any atom is 0.308 e. The van der Waals surface area contributed by atoms with Crippen molar-refractivity contribution < 1.29 is 39.2 Å². The zero-order valence-corrected chi connectivity index (χ0v) is 25.1. The topological polar surface area (TPSA) is 130 Å². The van der Waals surface area contributed by atoms with Gasteiger partial charge in [-0.25, -0.2) is 0 Å². The number of esters is 2. The minimum Gasteiger partial charge on any atom is -0.481 e. The first-order valence-corrected chi connectivity index (χ1v) is 15.8. The van der Waals surface area contributed by atoms with E-state index in [1.54, 1.807) is 0 Å². The Balaban J connectivity index is 1.42. The first kappa shape index (κ1) is 31.3. The van der Waals surface area contributed by atoms with Crippen LogP contribution in [-0.4, -0.2) is 58.1 Å². The van der Waals surface area contributed by atoms with E-state index in [1.165, 1.54) is 0 Å². The summed E-state index contributed by atoms with van der Waals surface area (Å²) in [5.41, 5.74) is -0.310. The molecule has 0 saturated heterocycles. The third kappa shape index (κ3) is 5.81. The molecule has 3 N–H and O–H groups in total. The van der Waals surface area contributed by atoms with Crippen molar-refractivity contribution in [1.29, 1.82) is 0 Å². The molecule has 0 aromatic carbocycles. The number of hydrogen-bond acceptors (Lipinski definition) is 7. The molecule has 4 aliphatic rings. The summed E-state index contributed by atoms with van der Waals surface area (Å²) in [6.07, 6.45) is 6.39. The molecule has 0 heterocycles. The quantitative estimate of drug-likeness (QED) is 0.317. The molecule has 40 heavy (non-hydrogen) atoms. The molecule has 0 aromatic rings. The molecule has 12 atom stereocenters. The highest BCUT2D eigenvalue weighted by molar-refractivity contribution is 5.72. The van der Waals surface area contributed by atoms with Crippen molar-refractivity contribution in [3.8, 4) is 0 Å². The normalized spacial score (nSPS) is 42.1. The van der Waals surface area contributed by atoms with Gasteiger partial charge < -0.3 is 24.8 Å². The van der Waals surface area contributed by atoms with Crippen molar-refractivity contribution in [1.82, 2.24) is 0 Å². The number of carbonyl (C=O) groups excluding carboxylic acids is 2. The number of carbonyl (C=O) groups is 3. The number of aliphatic hydroxyl groups excluding tert-OH is 2. The highest BCUT2D eigenvalue weighted by Crippen LogP contribution is 2.68. The maximum atomic E-state index is 12.5. The summed E-state index contributed by atoms with van der Waals surface area (Å²) in [6.45, 7) is 10.5. The van der Waals surface area contributed by atoms with Gasteiger partial charge in [0.05, 0.1) is 24.5 Å². The van der Waals surface area contributed by atoms with Crippen LogP contribution in [0.5, 0.6) is 0 Å². The monoisotopic (exact) mass is 564 g/mol. The van der Waals surface area contributed by atoms with Gasteiger partial charge in [-0.15, -0.1) is 0 Å². The summed E-state index contributed by atoms with van der Waals surface area (Å²) in [7, 11) is 0. The summed E-state index contributed by atoms with van der Waals surface area (Å²) < 4.78 is 11.0. The van der Waals surface area contributed by atoms with Crippen molar-refractivity contribution in [2.45, 2.75) is 124 Å². The van der Waals surface area contributed by atoms with Crippen LogP contribution in [0.4, 0.5) is 0 Å². The van der Waals surface area contributed by atoms with E-state index in [-0.39, 0.29) is 89.7 Å². The molecule has 0 spiro atoms. The van der Waals surface area contributed by atoms with Gasteiger partial charge in [0, 0.05) is 6.42 Å². The second-order valence-electron chi connectivity index (χ2n) is 14.1. The van der Waals surface area contributed by atoms with Crippen molar-refractivity contribution >= 4 is 17.9 Å². The van der Waals surface area contributed by atoms with Crippen LogP contribution in [0.1, 0.15) is 105 Å². The lowest BCUT2D eigenvalue weighted by Gasteiger charge is -2.63. The van der Waals surface area contributed by atoms with Gasteiger partial charge in [0.1, 0.15) is 12.7 Å². The standard InChI is InChI=1S/C32H52O8/c1-6-18(2)30(38)40-21-11-13-31(4)20(15-21)16-25(33)29-23-9-8-22(32(23,5)26(34)17-24(29)31)19(3)7-10-28(37)39-14-12-27(35)36/h18-26,29,33-34H,6-17H2,1-5H3,(H,35,36)/t18?,19?,20?,21?,22?,23?,24?,25?,26?,29?,31-,32+/m0/s1. The molecular formula is C32H52O8. The van der Waals surface area contributed by atoms with Gasteiger partial charge in [-0.2, -0.15) is 0 Å². The Morgan fingerprint density at radius 3 is 2.38 bits per heavy atom. The van der Waals surface area contributed by atoms with Crippen molar-refractivity contribution in [2.75, 3.05) is 6.61 Å². The predicted molar refractivity (Wildman–Crippen MR) is 149 cm³/mol. The van der Waals surface area contributed by atoms with Crippen molar-refractivity contribution in [3.05, 3.63) is 0 Å². The lowest BCUT2D eigenvalue weighted by molar-refractivity contribution is -0.210. The molecule has 8 nitrogen and oxygen atoms in total. The van der Waals surface area contributed by atoms with Crippen molar-refractivity contribution in [3.63, 3.8) is 0 Å². The summed E-state index contributed by atoms with van der Waals surface area (Å²) in [5, 5.41) is 32.2.